The maximum atomic E-state index is 12.1. The van der Waals surface area contributed by atoms with Crippen molar-refractivity contribution in [3.05, 3.63) is 33.4 Å². The maximum Gasteiger partial charge on any atom is 0.227 e. The molecule has 100 valence electrons. The average Bonchev–Trinajstić information content (AvgIpc) is 2.29. The predicted octanol–water partition coefficient (Wildman–Crippen LogP) is 2.08. The van der Waals surface area contributed by atoms with Crippen LogP contribution in [0.15, 0.2) is 24.3 Å². The molecule has 1 heterocycles. The Kier molecular flexibility index (Phi) is 6.38. The Hall–Kier alpha value is -0.330. The highest BCUT2D eigenvalue weighted by Crippen LogP contribution is 2.10. The molecule has 0 spiro atoms. The van der Waals surface area contributed by atoms with Gasteiger partial charge in [-0.3, -0.25) is 4.79 Å². The van der Waals surface area contributed by atoms with Gasteiger partial charge >= 0.3 is 0 Å². The zero-order valence-electron chi connectivity index (χ0n) is 10.4. The Morgan fingerprint density at radius 2 is 2.33 bits per heavy atom. The van der Waals surface area contributed by atoms with Gasteiger partial charge in [0.15, 0.2) is 0 Å². The monoisotopic (exact) mass is 380 g/mol. The van der Waals surface area contributed by atoms with Crippen LogP contribution in [0.2, 0.25) is 0 Å². The van der Waals surface area contributed by atoms with Gasteiger partial charge in [0.05, 0.1) is 6.42 Å². The summed E-state index contributed by atoms with van der Waals surface area (Å²) >= 11 is 2.28. The molecule has 1 aromatic carbocycles. The number of piperazine rings is 1. The van der Waals surface area contributed by atoms with Crippen molar-refractivity contribution in [2.45, 2.75) is 19.4 Å². The summed E-state index contributed by atoms with van der Waals surface area (Å²) in [7, 11) is 0. The molecule has 5 heteroatoms. The van der Waals surface area contributed by atoms with Crippen molar-refractivity contribution in [3.8, 4) is 0 Å². The zero-order chi connectivity index (χ0) is 12.3. The van der Waals surface area contributed by atoms with Gasteiger partial charge in [0.25, 0.3) is 0 Å². The van der Waals surface area contributed by atoms with Crippen LogP contribution in [0.25, 0.3) is 0 Å². The van der Waals surface area contributed by atoms with Gasteiger partial charge in [-0.2, -0.15) is 0 Å². The van der Waals surface area contributed by atoms with E-state index in [1.54, 1.807) is 0 Å². The fourth-order valence-corrected chi connectivity index (χ4v) is 2.70. The Morgan fingerprint density at radius 3 is 3.00 bits per heavy atom. The molecule has 3 nitrogen and oxygen atoms in total. The molecule has 0 bridgehead atoms. The van der Waals surface area contributed by atoms with E-state index in [0.717, 1.165) is 25.2 Å². The van der Waals surface area contributed by atoms with E-state index >= 15 is 0 Å². The minimum Gasteiger partial charge on any atom is -0.340 e. The number of amides is 1. The second kappa shape index (κ2) is 7.31. The van der Waals surface area contributed by atoms with Crippen molar-refractivity contribution >= 4 is 40.9 Å². The Bertz CT molecular complexity index is 414. The number of hydrogen-bond donors (Lipinski definition) is 1. The molecule has 2 rings (SSSR count). The van der Waals surface area contributed by atoms with Gasteiger partial charge in [-0.05, 0) is 47.2 Å². The summed E-state index contributed by atoms with van der Waals surface area (Å²) in [5.74, 6) is 0.236. The number of hydrogen-bond acceptors (Lipinski definition) is 2. The van der Waals surface area contributed by atoms with E-state index in [-0.39, 0.29) is 18.3 Å². The molecule has 1 amide bonds. The van der Waals surface area contributed by atoms with Gasteiger partial charge in [-0.15, -0.1) is 12.4 Å². The highest BCUT2D eigenvalue weighted by Gasteiger charge is 2.20. The predicted molar refractivity (Wildman–Crippen MR) is 84.2 cm³/mol. The fourth-order valence-electron chi connectivity index (χ4n) is 2.09. The van der Waals surface area contributed by atoms with Gasteiger partial charge in [0.1, 0.15) is 0 Å². The van der Waals surface area contributed by atoms with Gasteiger partial charge in [0.2, 0.25) is 5.91 Å². The lowest BCUT2D eigenvalue weighted by Crippen LogP contribution is -2.51. The van der Waals surface area contributed by atoms with Crippen molar-refractivity contribution in [2.75, 3.05) is 19.6 Å². The molecule has 1 aliphatic heterocycles. The van der Waals surface area contributed by atoms with E-state index in [9.17, 15) is 4.79 Å². The van der Waals surface area contributed by atoms with Gasteiger partial charge < -0.3 is 10.2 Å². The SMILES string of the molecule is CC1CN(C(=O)Cc2cccc(I)c2)CCN1.Cl. The molecule has 1 unspecified atom stereocenters. The standard InChI is InChI=1S/C13H17IN2O.ClH/c1-10-9-16(6-5-15-10)13(17)8-11-3-2-4-12(14)7-11;/h2-4,7,10,15H,5-6,8-9H2,1H3;1H. The van der Waals surface area contributed by atoms with Crippen molar-refractivity contribution in [1.29, 1.82) is 0 Å². The number of carbonyl (C=O) groups excluding carboxylic acids is 1. The molecule has 1 fully saturated rings. The van der Waals surface area contributed by atoms with E-state index in [1.165, 1.54) is 3.57 Å². The third-order valence-electron chi connectivity index (χ3n) is 2.97. The Balaban J connectivity index is 0.00000162. The van der Waals surface area contributed by atoms with Gasteiger partial charge in [-0.25, -0.2) is 0 Å². The van der Waals surface area contributed by atoms with Crippen LogP contribution in [-0.4, -0.2) is 36.5 Å². The van der Waals surface area contributed by atoms with Crippen LogP contribution in [0.1, 0.15) is 12.5 Å². The summed E-state index contributed by atoms with van der Waals surface area (Å²) in [4.78, 5) is 14.1. The summed E-state index contributed by atoms with van der Waals surface area (Å²) in [6.45, 7) is 4.67. The van der Waals surface area contributed by atoms with E-state index < -0.39 is 0 Å². The summed E-state index contributed by atoms with van der Waals surface area (Å²) < 4.78 is 1.18. The average molecular weight is 381 g/mol. The van der Waals surface area contributed by atoms with Crippen molar-refractivity contribution in [3.63, 3.8) is 0 Å². The van der Waals surface area contributed by atoms with Crippen LogP contribution in [0.4, 0.5) is 0 Å². The molecule has 1 aliphatic rings. The summed E-state index contributed by atoms with van der Waals surface area (Å²) in [6, 6.07) is 8.55. The first kappa shape index (κ1) is 15.7. The van der Waals surface area contributed by atoms with Crippen molar-refractivity contribution < 1.29 is 4.79 Å². The number of carbonyl (C=O) groups is 1. The quantitative estimate of drug-likeness (QED) is 0.797. The third kappa shape index (κ3) is 4.40. The Labute approximate surface area is 128 Å². The number of benzene rings is 1. The van der Waals surface area contributed by atoms with Crippen LogP contribution in [0.3, 0.4) is 0 Å². The molecule has 1 atom stereocenters. The van der Waals surface area contributed by atoms with E-state index in [0.29, 0.717) is 12.5 Å². The minimum atomic E-state index is 0. The fraction of sp³-hybridized carbons (Fsp3) is 0.462. The van der Waals surface area contributed by atoms with Crippen LogP contribution >= 0.6 is 35.0 Å². The van der Waals surface area contributed by atoms with Crippen LogP contribution < -0.4 is 5.32 Å². The van der Waals surface area contributed by atoms with Crippen molar-refractivity contribution in [2.24, 2.45) is 0 Å². The molecule has 0 radical (unpaired) electrons. The molecule has 0 aromatic heterocycles. The van der Waals surface area contributed by atoms with Crippen LogP contribution in [0, 0.1) is 3.57 Å². The first-order chi connectivity index (χ1) is 8.15. The number of nitrogens with one attached hydrogen (secondary N) is 1. The van der Waals surface area contributed by atoms with Gasteiger partial charge in [0, 0.05) is 29.2 Å². The topological polar surface area (TPSA) is 32.3 Å². The second-order valence-corrected chi connectivity index (χ2v) is 5.75. The summed E-state index contributed by atoms with van der Waals surface area (Å²) in [5.41, 5.74) is 1.10. The zero-order valence-corrected chi connectivity index (χ0v) is 13.3. The third-order valence-corrected chi connectivity index (χ3v) is 3.64. The number of halogens is 2. The number of rotatable bonds is 2. The summed E-state index contributed by atoms with van der Waals surface area (Å²) in [5, 5.41) is 3.34. The molecule has 1 aromatic rings. The largest absolute Gasteiger partial charge is 0.340 e. The highest BCUT2D eigenvalue weighted by molar-refractivity contribution is 14.1. The molecular formula is C13H18ClIN2O. The minimum absolute atomic E-state index is 0. The highest BCUT2D eigenvalue weighted by atomic mass is 127. The van der Waals surface area contributed by atoms with E-state index in [4.69, 9.17) is 0 Å². The second-order valence-electron chi connectivity index (χ2n) is 4.50. The van der Waals surface area contributed by atoms with Crippen molar-refractivity contribution in [1.82, 2.24) is 10.2 Å². The maximum absolute atomic E-state index is 12.1. The first-order valence-corrected chi connectivity index (χ1v) is 6.98. The lowest BCUT2D eigenvalue weighted by atomic mass is 10.1. The van der Waals surface area contributed by atoms with Crippen LogP contribution in [-0.2, 0) is 11.2 Å². The molecule has 1 saturated heterocycles. The Morgan fingerprint density at radius 1 is 1.56 bits per heavy atom. The molecular weight excluding hydrogens is 363 g/mol. The first-order valence-electron chi connectivity index (χ1n) is 5.91. The normalized spacial score (nSPS) is 19.2. The lowest BCUT2D eigenvalue weighted by Gasteiger charge is -2.32. The summed E-state index contributed by atoms with van der Waals surface area (Å²) in [6.07, 6.45) is 0.517. The molecule has 18 heavy (non-hydrogen) atoms. The number of nitrogens with zero attached hydrogens (tertiary/aromatic N) is 1. The lowest BCUT2D eigenvalue weighted by molar-refractivity contribution is -0.131. The smallest absolute Gasteiger partial charge is 0.227 e. The van der Waals surface area contributed by atoms with E-state index in [1.807, 2.05) is 23.1 Å². The van der Waals surface area contributed by atoms with E-state index in [2.05, 4.69) is 40.9 Å². The molecule has 1 N–H and O–H groups in total. The molecule has 0 aliphatic carbocycles. The van der Waals surface area contributed by atoms with Gasteiger partial charge in [-0.1, -0.05) is 12.1 Å². The molecule has 0 saturated carbocycles. The van der Waals surface area contributed by atoms with Crippen LogP contribution in [0.5, 0.6) is 0 Å².